The summed E-state index contributed by atoms with van der Waals surface area (Å²) < 4.78 is 5.69. The molecule has 2 unspecified atom stereocenters. The van der Waals surface area contributed by atoms with Crippen molar-refractivity contribution < 1.29 is 19.4 Å². The van der Waals surface area contributed by atoms with Gasteiger partial charge in [0.15, 0.2) is 0 Å². The van der Waals surface area contributed by atoms with Crippen LogP contribution in [-0.2, 0) is 14.3 Å². The number of aliphatic hydroxyl groups excluding tert-OH is 1. The first-order valence-corrected chi connectivity index (χ1v) is 10.4. The van der Waals surface area contributed by atoms with Crippen molar-refractivity contribution in [3.05, 3.63) is 62.3 Å². The Morgan fingerprint density at radius 1 is 1.29 bits per heavy atom. The third-order valence-electron chi connectivity index (χ3n) is 5.23. The van der Waals surface area contributed by atoms with Crippen LogP contribution in [0.2, 0.25) is 5.02 Å². The normalized spacial score (nSPS) is 24.3. The molecule has 5 nitrogen and oxygen atoms in total. The molecule has 4 rings (SSSR count). The molecule has 0 bridgehead atoms. The van der Waals surface area contributed by atoms with E-state index in [4.69, 9.17) is 16.3 Å². The van der Waals surface area contributed by atoms with E-state index in [2.05, 4.69) is 0 Å². The third-order valence-corrected chi connectivity index (χ3v) is 6.56. The van der Waals surface area contributed by atoms with Crippen molar-refractivity contribution in [2.24, 2.45) is 0 Å². The van der Waals surface area contributed by atoms with Gasteiger partial charge in [0.25, 0.3) is 11.7 Å². The van der Waals surface area contributed by atoms with E-state index in [1.165, 1.54) is 11.3 Å². The van der Waals surface area contributed by atoms with E-state index < -0.39 is 17.7 Å². The van der Waals surface area contributed by atoms with Gasteiger partial charge in [-0.25, -0.2) is 0 Å². The molecule has 2 saturated heterocycles. The van der Waals surface area contributed by atoms with E-state index in [0.717, 1.165) is 23.3 Å². The van der Waals surface area contributed by atoms with E-state index in [-0.39, 0.29) is 17.4 Å². The molecule has 1 aromatic carbocycles. The highest BCUT2D eigenvalue weighted by Crippen LogP contribution is 2.43. The Kier molecular flexibility index (Phi) is 5.27. The molecule has 0 saturated carbocycles. The van der Waals surface area contributed by atoms with Crippen LogP contribution in [0.25, 0.3) is 5.76 Å². The summed E-state index contributed by atoms with van der Waals surface area (Å²) in [5.74, 6) is -1.44. The van der Waals surface area contributed by atoms with Crippen LogP contribution in [0.3, 0.4) is 0 Å². The minimum atomic E-state index is -0.664. The van der Waals surface area contributed by atoms with Gasteiger partial charge in [0, 0.05) is 28.6 Å². The van der Waals surface area contributed by atoms with Crippen molar-refractivity contribution in [1.29, 1.82) is 0 Å². The minimum Gasteiger partial charge on any atom is -0.507 e. The van der Waals surface area contributed by atoms with Crippen molar-refractivity contribution in [3.8, 4) is 0 Å². The lowest BCUT2D eigenvalue weighted by molar-refractivity contribution is -0.140. The first-order chi connectivity index (χ1) is 13.5. The van der Waals surface area contributed by atoms with Crippen LogP contribution in [0.15, 0.2) is 41.3 Å². The number of halogens is 1. The molecule has 0 spiro atoms. The largest absolute Gasteiger partial charge is 0.507 e. The van der Waals surface area contributed by atoms with Crippen LogP contribution in [0.5, 0.6) is 0 Å². The molecule has 2 aromatic rings. The molecule has 2 aliphatic heterocycles. The van der Waals surface area contributed by atoms with Crippen LogP contribution < -0.4 is 0 Å². The van der Waals surface area contributed by atoms with Crippen LogP contribution in [-0.4, -0.2) is 41.0 Å². The van der Waals surface area contributed by atoms with E-state index >= 15 is 0 Å². The summed E-state index contributed by atoms with van der Waals surface area (Å²) in [4.78, 5) is 28.2. The Bertz CT molecular complexity index is 944. The van der Waals surface area contributed by atoms with Crippen molar-refractivity contribution in [1.82, 2.24) is 4.90 Å². The lowest BCUT2D eigenvalue weighted by Crippen LogP contribution is -2.36. The number of likely N-dealkylation sites (tertiary alicyclic amines) is 1. The second-order valence-electron chi connectivity index (χ2n) is 7.06. The number of rotatable bonds is 4. The molecule has 146 valence electrons. The first kappa shape index (κ1) is 19.2. The van der Waals surface area contributed by atoms with E-state index in [1.54, 1.807) is 29.2 Å². The van der Waals surface area contributed by atoms with E-state index in [0.29, 0.717) is 23.7 Å². The molecule has 1 aromatic heterocycles. The van der Waals surface area contributed by atoms with Gasteiger partial charge in [0.05, 0.1) is 17.7 Å². The summed E-state index contributed by atoms with van der Waals surface area (Å²) >= 11 is 7.42. The third kappa shape index (κ3) is 3.36. The molecule has 1 N–H and O–H groups in total. The molecule has 3 heterocycles. The molecule has 0 aliphatic carbocycles. The number of nitrogens with zero attached hydrogens (tertiary/aromatic N) is 1. The van der Waals surface area contributed by atoms with Gasteiger partial charge in [0.1, 0.15) is 5.76 Å². The van der Waals surface area contributed by atoms with Gasteiger partial charge in [-0.3, -0.25) is 9.59 Å². The Morgan fingerprint density at radius 3 is 2.64 bits per heavy atom. The lowest BCUT2D eigenvalue weighted by atomic mass is 9.98. The summed E-state index contributed by atoms with van der Waals surface area (Å²) in [7, 11) is 0. The van der Waals surface area contributed by atoms with Crippen molar-refractivity contribution in [2.75, 3.05) is 13.2 Å². The molecule has 0 radical (unpaired) electrons. The lowest BCUT2D eigenvalue weighted by Gasteiger charge is -2.27. The number of Topliss-reactive ketones (excluding diaryl/α,β-unsaturated/α-hetero) is 1. The maximum Gasteiger partial charge on any atom is 0.295 e. The number of hydrogen-bond donors (Lipinski definition) is 1. The monoisotopic (exact) mass is 417 g/mol. The SMILES string of the molecule is Cc1ccsc1C1/C(=C(/O)c2ccc(Cl)cc2)C(=O)C(=O)N1CC1CCCO1. The average molecular weight is 418 g/mol. The average Bonchev–Trinajstić information content (AvgIpc) is 3.39. The highest BCUT2D eigenvalue weighted by molar-refractivity contribution is 7.10. The topological polar surface area (TPSA) is 66.8 Å². The fourth-order valence-electron chi connectivity index (χ4n) is 3.78. The number of amides is 1. The van der Waals surface area contributed by atoms with Gasteiger partial charge in [-0.15, -0.1) is 11.3 Å². The van der Waals surface area contributed by atoms with Crippen LogP contribution in [0.1, 0.15) is 34.9 Å². The van der Waals surface area contributed by atoms with Crippen LogP contribution >= 0.6 is 22.9 Å². The van der Waals surface area contributed by atoms with Gasteiger partial charge in [-0.1, -0.05) is 11.6 Å². The highest BCUT2D eigenvalue weighted by atomic mass is 35.5. The number of aliphatic hydroxyl groups is 1. The van der Waals surface area contributed by atoms with Gasteiger partial charge in [0.2, 0.25) is 0 Å². The summed E-state index contributed by atoms with van der Waals surface area (Å²) in [6, 6.07) is 7.91. The second-order valence-corrected chi connectivity index (χ2v) is 8.45. The number of benzene rings is 1. The fourth-order valence-corrected chi connectivity index (χ4v) is 4.95. The highest BCUT2D eigenvalue weighted by Gasteiger charge is 2.47. The zero-order valence-corrected chi connectivity index (χ0v) is 16.9. The van der Waals surface area contributed by atoms with Crippen molar-refractivity contribution >= 4 is 40.4 Å². The molecule has 28 heavy (non-hydrogen) atoms. The van der Waals surface area contributed by atoms with Crippen molar-refractivity contribution in [2.45, 2.75) is 31.9 Å². The molecular formula is C21H20ClNO4S. The maximum atomic E-state index is 12.9. The molecule has 7 heteroatoms. The molecule has 2 fully saturated rings. The minimum absolute atomic E-state index is 0.0865. The number of ether oxygens (including phenoxy) is 1. The number of carbonyl (C=O) groups is 2. The number of aryl methyl sites for hydroxylation is 1. The van der Waals surface area contributed by atoms with Crippen molar-refractivity contribution in [3.63, 3.8) is 0 Å². The number of thiophene rings is 1. The van der Waals surface area contributed by atoms with Crippen LogP contribution in [0, 0.1) is 6.92 Å². The van der Waals surface area contributed by atoms with Crippen LogP contribution in [0.4, 0.5) is 0 Å². The van der Waals surface area contributed by atoms with Gasteiger partial charge < -0.3 is 14.7 Å². The Morgan fingerprint density at radius 2 is 2.04 bits per heavy atom. The Labute approximate surface area is 172 Å². The molecule has 2 aliphatic rings. The number of carbonyl (C=O) groups excluding carboxylic acids is 2. The molecule has 2 atom stereocenters. The predicted octanol–water partition coefficient (Wildman–Crippen LogP) is 4.31. The smallest absolute Gasteiger partial charge is 0.295 e. The Hall–Kier alpha value is -2.15. The molecule has 1 amide bonds. The quantitative estimate of drug-likeness (QED) is 0.457. The second kappa shape index (κ2) is 7.70. The summed E-state index contributed by atoms with van der Waals surface area (Å²) in [5, 5.41) is 13.4. The summed E-state index contributed by atoms with van der Waals surface area (Å²) in [5.41, 5.74) is 1.56. The predicted molar refractivity (Wildman–Crippen MR) is 108 cm³/mol. The standard InChI is InChI=1S/C21H20ClNO4S/c1-12-8-10-28-20(12)17-16(18(24)13-4-6-14(22)7-5-13)19(25)21(26)23(17)11-15-3-2-9-27-15/h4-8,10,15,17,24H,2-3,9,11H2,1H3/b18-16-. The summed E-state index contributed by atoms with van der Waals surface area (Å²) in [6.45, 7) is 2.95. The Balaban J connectivity index is 1.82. The first-order valence-electron chi connectivity index (χ1n) is 9.17. The zero-order valence-electron chi connectivity index (χ0n) is 15.4. The van der Waals surface area contributed by atoms with E-state index in [1.807, 2.05) is 18.4 Å². The van der Waals surface area contributed by atoms with Gasteiger partial charge in [-0.2, -0.15) is 0 Å². The molecular weight excluding hydrogens is 398 g/mol. The number of hydrogen-bond acceptors (Lipinski definition) is 5. The van der Waals surface area contributed by atoms with E-state index in [9.17, 15) is 14.7 Å². The number of ketones is 1. The van der Waals surface area contributed by atoms with Gasteiger partial charge in [-0.05, 0) is 61.0 Å². The zero-order chi connectivity index (χ0) is 19.8. The fraction of sp³-hybridized carbons (Fsp3) is 0.333. The summed E-state index contributed by atoms with van der Waals surface area (Å²) in [6.07, 6.45) is 1.72. The maximum absolute atomic E-state index is 12.9. The van der Waals surface area contributed by atoms with Gasteiger partial charge >= 0.3 is 0 Å².